The number of unbranched alkanes of at least 4 members (excludes halogenated alkanes) is 1. The van der Waals surface area contributed by atoms with Gasteiger partial charge in [0.2, 0.25) is 88.6 Å². The maximum Gasteiger partial charge on any atom is 0.305 e. The van der Waals surface area contributed by atoms with E-state index in [2.05, 4.69) is 52.8 Å². The van der Waals surface area contributed by atoms with Gasteiger partial charge in [-0.3, -0.25) is 81.5 Å². The summed E-state index contributed by atoms with van der Waals surface area (Å²) >= 11 is 0.689. The van der Waals surface area contributed by atoms with E-state index in [-0.39, 0.29) is 82.3 Å². The minimum atomic E-state index is -2.04. The molecule has 0 unspecified atom stereocenters. The van der Waals surface area contributed by atoms with Crippen molar-refractivity contribution in [1.29, 1.82) is 0 Å². The number of aliphatic hydroxyl groups excluding tert-OH is 1. The first-order valence-electron chi connectivity index (χ1n) is 43.8. The van der Waals surface area contributed by atoms with E-state index >= 15 is 47.5 Å². The van der Waals surface area contributed by atoms with Crippen LogP contribution in [0.3, 0.4) is 0 Å². The number of hydrogen-bond acceptors (Lipinski definition) is 21. The minimum Gasteiger partial charge on any atom is -0.508 e. The number of aromatic hydroxyl groups is 1. The zero-order chi connectivity index (χ0) is 97.0. The average Bonchev–Trinajstić information content (AvgIpc) is 1.65. The number of halogens is 2. The topological polar surface area (TPSA) is 547 Å². The molecule has 38 nitrogen and oxygen atoms in total. The van der Waals surface area contributed by atoms with Crippen molar-refractivity contribution in [3.05, 3.63) is 173 Å². The summed E-state index contributed by atoms with van der Waals surface area (Å²) in [6.07, 6.45) is -4.35. The van der Waals surface area contributed by atoms with Crippen LogP contribution >= 0.6 is 11.8 Å². The number of primary amides is 1. The lowest BCUT2D eigenvalue weighted by molar-refractivity contribution is -0.152. The number of methoxy groups -OCH3 is 1. The summed E-state index contributed by atoms with van der Waals surface area (Å²) in [5, 5.41) is 66.1. The quantitative estimate of drug-likeness (QED) is 0.0372. The first-order valence-corrected chi connectivity index (χ1v) is 44.9. The van der Waals surface area contributed by atoms with Crippen molar-refractivity contribution in [3.8, 4) is 5.75 Å². The number of para-hydroxylation sites is 1. The molecule has 716 valence electrons. The van der Waals surface area contributed by atoms with Crippen LogP contribution in [0.2, 0.25) is 0 Å². The van der Waals surface area contributed by atoms with Gasteiger partial charge in [0.05, 0.1) is 24.8 Å². The summed E-state index contributed by atoms with van der Waals surface area (Å²) in [6.45, 7) is 3.07. The molecule has 0 saturated carbocycles. The highest BCUT2D eigenvalue weighted by molar-refractivity contribution is 8.00. The lowest BCUT2D eigenvalue weighted by Gasteiger charge is -2.38. The van der Waals surface area contributed by atoms with Gasteiger partial charge in [-0.1, -0.05) is 131 Å². The number of phenols is 1. The fourth-order valence-electron chi connectivity index (χ4n) is 16.2. The van der Waals surface area contributed by atoms with E-state index in [4.69, 9.17) is 10.5 Å². The third-order valence-corrected chi connectivity index (χ3v) is 24.6. The molecule has 5 aromatic carbocycles. The number of rotatable bonds is 25. The number of fused-ring (bicyclic) bond motifs is 3. The van der Waals surface area contributed by atoms with Gasteiger partial charge in [0.25, 0.3) is 0 Å². The van der Waals surface area contributed by atoms with Gasteiger partial charge in [0.15, 0.2) is 11.6 Å². The van der Waals surface area contributed by atoms with Gasteiger partial charge in [0, 0.05) is 116 Å². The third kappa shape index (κ3) is 29.0. The number of carbonyl (C=O) groups is 17. The number of likely N-dealkylation sites (N-methyl/N-ethyl adjacent to an activating group) is 3. The third-order valence-electron chi connectivity index (χ3n) is 23.5. The Labute approximate surface area is 770 Å². The number of ether oxygens (including phenoxy) is 1. The number of carbonyl (C=O) groups excluding carboxylic acids is 15. The van der Waals surface area contributed by atoms with Gasteiger partial charge in [-0.25, -0.2) is 8.78 Å². The number of carboxylic acid groups (broad SMARTS) is 2. The number of nitrogens with one attached hydrogen (secondary N) is 10. The molecule has 4 heterocycles. The molecule has 14 atom stereocenters. The molecule has 9 rings (SSSR count). The summed E-state index contributed by atoms with van der Waals surface area (Å²) in [5.41, 5.74) is 7.72. The zero-order valence-electron chi connectivity index (χ0n) is 74.8. The van der Waals surface area contributed by atoms with Gasteiger partial charge < -0.3 is 108 Å². The number of aliphatic hydroxyl groups is 1. The number of benzene rings is 5. The van der Waals surface area contributed by atoms with Gasteiger partial charge in [-0.2, -0.15) is 0 Å². The molecule has 3 aliphatic heterocycles. The molecule has 3 aliphatic rings. The molecule has 6 aromatic rings. The number of nitrogens with zero attached hydrogens (tertiary/aromatic N) is 5. The Hall–Kier alpha value is -13.4. The number of carboxylic acids is 2. The molecule has 16 N–H and O–H groups in total. The largest absolute Gasteiger partial charge is 0.508 e. The number of phenolic OH excluding ortho intramolecular Hbond substituents is 1. The molecule has 41 heteroatoms. The van der Waals surface area contributed by atoms with Crippen molar-refractivity contribution in [2.45, 2.75) is 202 Å². The van der Waals surface area contributed by atoms with Crippen LogP contribution in [-0.4, -0.2) is 301 Å². The van der Waals surface area contributed by atoms with Gasteiger partial charge in [-0.05, 0) is 96.2 Å². The van der Waals surface area contributed by atoms with E-state index < -0.39 is 259 Å². The highest BCUT2D eigenvalue weighted by Gasteiger charge is 2.48. The van der Waals surface area contributed by atoms with Gasteiger partial charge >= 0.3 is 11.9 Å². The standard InChI is InChI=1S/C92H116F2N16O22S/c1-8-9-25-71-91(130)110-48-58(112)44-73(110)87(126)103-67(45-78(117)118)84(123)105-79(51(2)3)92(131)107(5)72(41-52-19-12-10-13-20-52)86(125)100-64(33-34-77(115)116)89(128)109-36-18-26-70(109)85(124)102-66(43-56-46-96-62-24-17-16-23-59(56)62)83(122)101-65(39-54-27-30-57(111)31-28-54)82(121)99-63(35-37-132-7)81(120)104-69(80(119)97-47-75(95)113)49-133-50-76(114)98-68(40-55-29-32-60(93)61(94)38-55)88(127)108(6)74(90(129)106(71)4)42-53-21-14-11-15-22-53/h10-17,19-24,27-32,38,46,51,58,63-74,79,96,111-112H,8-9,18,25-26,33-37,39-45,47-50H2,1-7H3,(H2,95,113)(H,97,119)(H,98,114)(H,99,121)(H,100,125)(H,101,122)(H,102,124)(H,103,126)(H,104,120)(H,105,123)(H,115,116)(H,117,118)/t58-,63+,64+,65+,66+,67+,68+,69+,70-,71+,72+,73-,74+,79+/m1/s1. The second-order valence-electron chi connectivity index (χ2n) is 33.6. The summed E-state index contributed by atoms with van der Waals surface area (Å²) < 4.78 is 35.2. The van der Waals surface area contributed by atoms with Crippen molar-refractivity contribution in [2.24, 2.45) is 11.7 Å². The second kappa shape index (κ2) is 49.2. The van der Waals surface area contributed by atoms with Crippen LogP contribution in [0.15, 0.2) is 134 Å². The van der Waals surface area contributed by atoms with Crippen LogP contribution in [0.4, 0.5) is 8.78 Å². The fraction of sp³-hybridized carbons (Fsp3) is 0.467. The number of aromatic nitrogens is 1. The molecular weight excluding hydrogens is 1750 g/mol. The molecular formula is C92H116F2N16O22S. The molecule has 3 fully saturated rings. The van der Waals surface area contributed by atoms with Crippen molar-refractivity contribution < 1.29 is 115 Å². The maximum absolute atomic E-state index is 15.7. The molecule has 0 radical (unpaired) electrons. The van der Waals surface area contributed by atoms with Crippen LogP contribution < -0.4 is 53.6 Å². The number of nitrogens with two attached hydrogens (primary N) is 1. The smallest absolute Gasteiger partial charge is 0.305 e. The van der Waals surface area contributed by atoms with Crippen molar-refractivity contribution in [2.75, 3.05) is 66.0 Å². The number of aromatic amines is 1. The van der Waals surface area contributed by atoms with Crippen LogP contribution in [0, 0.1) is 17.6 Å². The van der Waals surface area contributed by atoms with Crippen molar-refractivity contribution in [1.82, 2.24) is 77.3 Å². The Bertz CT molecular complexity index is 5170. The number of amides is 15. The van der Waals surface area contributed by atoms with E-state index in [0.717, 1.165) is 42.7 Å². The number of aliphatic carboxylic acids is 2. The first-order chi connectivity index (χ1) is 63.3. The molecule has 1 aromatic heterocycles. The average molecular weight is 1870 g/mol. The van der Waals surface area contributed by atoms with Crippen LogP contribution in [0.25, 0.3) is 10.9 Å². The van der Waals surface area contributed by atoms with E-state index in [1.54, 1.807) is 98.0 Å². The van der Waals surface area contributed by atoms with E-state index in [0.29, 0.717) is 51.3 Å². The second-order valence-corrected chi connectivity index (χ2v) is 34.6. The summed E-state index contributed by atoms with van der Waals surface area (Å²) in [7, 11) is 4.97. The van der Waals surface area contributed by atoms with E-state index in [1.165, 1.54) is 66.4 Å². The Balaban J connectivity index is 1.13. The highest BCUT2D eigenvalue weighted by Crippen LogP contribution is 2.29. The van der Waals surface area contributed by atoms with Crippen molar-refractivity contribution in [3.63, 3.8) is 0 Å². The van der Waals surface area contributed by atoms with Crippen molar-refractivity contribution >= 4 is 123 Å². The van der Waals surface area contributed by atoms with E-state index in [1.807, 2.05) is 0 Å². The summed E-state index contributed by atoms with van der Waals surface area (Å²) in [4.78, 5) is 258. The Kier molecular flexibility index (Phi) is 38.2. The SMILES string of the molecule is CCCC[C@H]1C(=O)N2C[C@H](O)C[C@@H]2C(=O)N[C@@H](CC(=O)O)C(=O)N[C@@H](C(C)C)C(=O)N(C)[C@@H](Cc2ccccc2)C(=O)N[C@@H](CCC(=O)O)C(=O)N2CCC[C@@H]2C(=O)N[C@@H](Cc2c[nH]c3ccccc23)C(=O)N[C@@H](Cc2ccc(O)cc2)C(=O)N[C@@H](CCOC)C(=O)N[C@H](C(=O)NCC(N)=O)CSCC(=O)N[C@@H](Cc2ccc(F)c(F)c2)C(=O)N(C)[C@@H](Cc2ccccc2)C(=O)N1C. The van der Waals surface area contributed by atoms with Crippen LogP contribution in [-0.2, 0) is 118 Å². The molecule has 3 saturated heterocycles. The summed E-state index contributed by atoms with van der Waals surface area (Å²) in [6, 6.07) is 9.83. The van der Waals surface area contributed by atoms with Crippen LogP contribution in [0.1, 0.15) is 113 Å². The predicted octanol–water partition coefficient (Wildman–Crippen LogP) is 0.548. The number of thioether (sulfide) groups is 1. The normalized spacial score (nSPS) is 24.1. The first kappa shape index (κ1) is 103. The van der Waals surface area contributed by atoms with Crippen LogP contribution in [0.5, 0.6) is 5.75 Å². The molecule has 15 amide bonds. The maximum atomic E-state index is 15.7. The van der Waals surface area contributed by atoms with Gasteiger partial charge in [0.1, 0.15) is 84.3 Å². The monoisotopic (exact) mass is 1870 g/mol. The highest BCUT2D eigenvalue weighted by atomic mass is 32.2. The Morgan fingerprint density at radius 3 is 1.74 bits per heavy atom. The predicted molar refractivity (Wildman–Crippen MR) is 480 cm³/mol. The zero-order valence-corrected chi connectivity index (χ0v) is 75.6. The number of H-pyrrole nitrogens is 1. The Morgan fingerprint density at radius 1 is 0.549 bits per heavy atom. The molecule has 133 heavy (non-hydrogen) atoms. The fourth-order valence-corrected chi connectivity index (χ4v) is 17.1. The molecule has 0 spiro atoms. The summed E-state index contributed by atoms with van der Waals surface area (Å²) in [5.74, 6) is -23.2. The molecule has 0 aliphatic carbocycles. The van der Waals surface area contributed by atoms with E-state index in [9.17, 15) is 63.2 Å². The number of hydrogen-bond donors (Lipinski definition) is 15. The van der Waals surface area contributed by atoms with Gasteiger partial charge in [-0.15, -0.1) is 11.8 Å². The lowest BCUT2D eigenvalue weighted by Crippen LogP contribution is -2.62. The Morgan fingerprint density at radius 2 is 1.11 bits per heavy atom. The lowest BCUT2D eigenvalue weighted by atomic mass is 9.98. The minimum absolute atomic E-state index is 0.0349. The molecule has 0 bridgehead atoms.